The van der Waals surface area contributed by atoms with E-state index in [1.165, 1.54) is 0 Å². The van der Waals surface area contributed by atoms with E-state index in [1.807, 2.05) is 31.7 Å². The lowest BCUT2D eigenvalue weighted by Crippen LogP contribution is -2.12. The van der Waals surface area contributed by atoms with E-state index < -0.39 is 0 Å². The van der Waals surface area contributed by atoms with Crippen molar-refractivity contribution in [1.82, 2.24) is 20.3 Å². The Morgan fingerprint density at radius 2 is 2.00 bits per heavy atom. The Bertz CT molecular complexity index is 463. The number of hydrogen-bond acceptors (Lipinski definition) is 5. The van der Waals surface area contributed by atoms with Crippen LogP contribution in [-0.4, -0.2) is 22.0 Å². The average molecular weight is 234 g/mol. The lowest BCUT2D eigenvalue weighted by atomic mass is 10.3. The fraction of sp³-hybridized carbons (Fsp3) is 0.364. The first-order valence-electron chi connectivity index (χ1n) is 5.12. The molecule has 84 valence electrons. The third-order valence-electron chi connectivity index (χ3n) is 2.37. The van der Waals surface area contributed by atoms with Crippen LogP contribution in [0.3, 0.4) is 0 Å². The van der Waals surface area contributed by atoms with Crippen molar-refractivity contribution in [2.45, 2.75) is 19.9 Å². The van der Waals surface area contributed by atoms with Crippen LogP contribution < -0.4 is 5.32 Å². The molecular weight excluding hydrogens is 220 g/mol. The second-order valence-corrected chi connectivity index (χ2v) is 4.53. The van der Waals surface area contributed by atoms with E-state index >= 15 is 0 Å². The summed E-state index contributed by atoms with van der Waals surface area (Å²) in [4.78, 5) is 13.0. The van der Waals surface area contributed by atoms with Gasteiger partial charge in [-0.1, -0.05) is 0 Å². The summed E-state index contributed by atoms with van der Waals surface area (Å²) in [7, 11) is 1.92. The van der Waals surface area contributed by atoms with Crippen LogP contribution >= 0.6 is 11.3 Å². The maximum absolute atomic E-state index is 4.51. The lowest BCUT2D eigenvalue weighted by Gasteiger charge is -2.04. The molecule has 5 heteroatoms. The van der Waals surface area contributed by atoms with Crippen LogP contribution in [0.4, 0.5) is 0 Å². The monoisotopic (exact) mass is 234 g/mol. The van der Waals surface area contributed by atoms with E-state index in [1.54, 1.807) is 11.3 Å². The molecule has 2 heterocycles. The summed E-state index contributed by atoms with van der Waals surface area (Å²) in [6.07, 6.45) is 3.62. The van der Waals surface area contributed by atoms with Gasteiger partial charge in [-0.25, -0.2) is 15.0 Å². The van der Waals surface area contributed by atoms with Gasteiger partial charge in [0, 0.05) is 23.8 Å². The summed E-state index contributed by atoms with van der Waals surface area (Å²) >= 11 is 1.58. The molecule has 0 aliphatic carbocycles. The number of nitrogens with zero attached hydrogens (tertiary/aromatic N) is 3. The van der Waals surface area contributed by atoms with Gasteiger partial charge in [0.05, 0.1) is 5.69 Å². The number of rotatable bonds is 3. The maximum atomic E-state index is 4.51. The summed E-state index contributed by atoms with van der Waals surface area (Å²) in [6.45, 7) is 4.05. The molecule has 0 amide bonds. The van der Waals surface area contributed by atoms with Gasteiger partial charge in [-0.3, -0.25) is 0 Å². The second-order valence-electron chi connectivity index (χ2n) is 3.67. The molecule has 0 saturated carbocycles. The van der Waals surface area contributed by atoms with Crippen molar-refractivity contribution in [2.24, 2.45) is 0 Å². The second kappa shape index (κ2) is 4.67. The fourth-order valence-electron chi connectivity index (χ4n) is 1.24. The highest BCUT2D eigenvalue weighted by atomic mass is 32.1. The molecule has 0 spiro atoms. The maximum Gasteiger partial charge on any atom is 0.188 e. The standard InChI is InChI=1S/C11H14N4S/c1-7-4-13-10(14-5-7)11-15-9(6-16-11)8(2)12-3/h4-6,8,12H,1-3H3. The lowest BCUT2D eigenvalue weighted by molar-refractivity contribution is 0.637. The van der Waals surface area contributed by atoms with Gasteiger partial charge < -0.3 is 5.32 Å². The minimum absolute atomic E-state index is 0.260. The average Bonchev–Trinajstić information content (AvgIpc) is 2.78. The number of nitrogens with one attached hydrogen (secondary N) is 1. The van der Waals surface area contributed by atoms with Crippen molar-refractivity contribution in [3.05, 3.63) is 29.0 Å². The molecule has 0 radical (unpaired) electrons. The number of thiazole rings is 1. The first-order chi connectivity index (χ1) is 7.70. The van der Waals surface area contributed by atoms with Crippen molar-refractivity contribution in [3.8, 4) is 10.8 Å². The molecule has 4 nitrogen and oxygen atoms in total. The molecule has 16 heavy (non-hydrogen) atoms. The summed E-state index contributed by atoms with van der Waals surface area (Å²) in [6, 6.07) is 0.260. The molecule has 2 rings (SSSR count). The molecule has 0 aliphatic rings. The van der Waals surface area contributed by atoms with Gasteiger partial charge in [0.25, 0.3) is 0 Å². The van der Waals surface area contributed by atoms with Crippen molar-refractivity contribution >= 4 is 11.3 Å². The Balaban J connectivity index is 2.28. The van der Waals surface area contributed by atoms with Gasteiger partial charge in [0.2, 0.25) is 0 Å². The van der Waals surface area contributed by atoms with Gasteiger partial charge >= 0.3 is 0 Å². The molecule has 1 unspecified atom stereocenters. The summed E-state index contributed by atoms with van der Waals surface area (Å²) in [5.41, 5.74) is 2.09. The Labute approximate surface area is 98.8 Å². The van der Waals surface area contributed by atoms with Crippen molar-refractivity contribution in [1.29, 1.82) is 0 Å². The van der Waals surface area contributed by atoms with Crippen LogP contribution in [0, 0.1) is 6.92 Å². The van der Waals surface area contributed by atoms with Crippen LogP contribution in [-0.2, 0) is 0 Å². The van der Waals surface area contributed by atoms with Crippen LogP contribution in [0.2, 0.25) is 0 Å². The van der Waals surface area contributed by atoms with E-state index in [2.05, 4.69) is 27.2 Å². The van der Waals surface area contributed by atoms with Crippen LogP contribution in [0.15, 0.2) is 17.8 Å². The summed E-state index contributed by atoms with van der Waals surface area (Å²) < 4.78 is 0. The first kappa shape index (κ1) is 11.2. The Morgan fingerprint density at radius 3 is 2.62 bits per heavy atom. The van der Waals surface area contributed by atoms with Gasteiger partial charge in [-0.2, -0.15) is 0 Å². The van der Waals surface area contributed by atoms with E-state index in [9.17, 15) is 0 Å². The van der Waals surface area contributed by atoms with E-state index in [-0.39, 0.29) is 6.04 Å². The third-order valence-corrected chi connectivity index (χ3v) is 3.23. The molecular formula is C11H14N4S. The SMILES string of the molecule is CNC(C)c1csc(-c2ncc(C)cn2)n1. The van der Waals surface area contributed by atoms with Crippen molar-refractivity contribution in [2.75, 3.05) is 7.05 Å². The minimum atomic E-state index is 0.260. The molecule has 1 atom stereocenters. The predicted octanol–water partition coefficient (Wildman–Crippen LogP) is 2.19. The van der Waals surface area contributed by atoms with Gasteiger partial charge in [0.15, 0.2) is 10.8 Å². The molecule has 2 aromatic rings. The fourth-order valence-corrected chi connectivity index (χ4v) is 2.10. The number of hydrogen-bond donors (Lipinski definition) is 1. The third kappa shape index (κ3) is 2.25. The minimum Gasteiger partial charge on any atom is -0.312 e. The first-order valence-corrected chi connectivity index (χ1v) is 6.00. The highest BCUT2D eigenvalue weighted by Crippen LogP contribution is 2.23. The zero-order valence-electron chi connectivity index (χ0n) is 9.56. The topological polar surface area (TPSA) is 50.7 Å². The van der Waals surface area contributed by atoms with Crippen LogP contribution in [0.1, 0.15) is 24.2 Å². The molecule has 0 fully saturated rings. The van der Waals surface area contributed by atoms with Crippen LogP contribution in [0.25, 0.3) is 10.8 Å². The summed E-state index contributed by atoms with van der Waals surface area (Å²) in [5.74, 6) is 0.699. The van der Waals surface area contributed by atoms with E-state index in [0.717, 1.165) is 16.3 Å². The van der Waals surface area contributed by atoms with E-state index in [4.69, 9.17) is 0 Å². The molecule has 1 N–H and O–H groups in total. The normalized spacial score (nSPS) is 12.7. The molecule has 0 aromatic carbocycles. The van der Waals surface area contributed by atoms with Crippen LogP contribution in [0.5, 0.6) is 0 Å². The molecule has 0 saturated heterocycles. The van der Waals surface area contributed by atoms with Crippen molar-refractivity contribution < 1.29 is 0 Å². The van der Waals surface area contributed by atoms with Gasteiger partial charge in [-0.05, 0) is 26.5 Å². The van der Waals surface area contributed by atoms with Crippen molar-refractivity contribution in [3.63, 3.8) is 0 Å². The number of aryl methyl sites for hydroxylation is 1. The molecule has 0 bridgehead atoms. The Morgan fingerprint density at radius 1 is 1.31 bits per heavy atom. The highest BCUT2D eigenvalue weighted by Gasteiger charge is 2.10. The zero-order valence-corrected chi connectivity index (χ0v) is 10.4. The largest absolute Gasteiger partial charge is 0.312 e. The smallest absolute Gasteiger partial charge is 0.188 e. The molecule has 2 aromatic heterocycles. The zero-order chi connectivity index (χ0) is 11.5. The quantitative estimate of drug-likeness (QED) is 0.884. The molecule has 0 aliphatic heterocycles. The van der Waals surface area contributed by atoms with Gasteiger partial charge in [0.1, 0.15) is 0 Å². The highest BCUT2D eigenvalue weighted by molar-refractivity contribution is 7.13. The predicted molar refractivity (Wildman–Crippen MR) is 65.4 cm³/mol. The van der Waals surface area contributed by atoms with E-state index in [0.29, 0.717) is 5.82 Å². The number of aromatic nitrogens is 3. The Hall–Kier alpha value is -1.33. The summed E-state index contributed by atoms with van der Waals surface area (Å²) in [5, 5.41) is 6.07. The Kier molecular flexibility index (Phi) is 3.26. The van der Waals surface area contributed by atoms with Gasteiger partial charge in [-0.15, -0.1) is 11.3 Å².